The molecule has 130 valence electrons. The van der Waals surface area contributed by atoms with E-state index in [1.807, 2.05) is 20.8 Å². The summed E-state index contributed by atoms with van der Waals surface area (Å²) in [5.41, 5.74) is 0.734. The fourth-order valence-electron chi connectivity index (χ4n) is 2.11. The summed E-state index contributed by atoms with van der Waals surface area (Å²) in [7, 11) is 0.574. The molecule has 0 aliphatic rings. The molecular weight excluding hydrogens is 346 g/mol. The van der Waals surface area contributed by atoms with Crippen molar-refractivity contribution in [3.8, 4) is 0 Å². The molecule has 0 saturated heterocycles. The number of carbonyl (C=O) groups is 1. The number of carbonyl (C=O) groups excluding carboxylic acids is 1. The minimum absolute atomic E-state index is 0.207. The highest BCUT2D eigenvalue weighted by Crippen LogP contribution is 2.12. The molecule has 1 aromatic heterocycles. The maximum Gasteiger partial charge on any atom is 0.261 e. The quantitative estimate of drug-likeness (QED) is 0.808. The number of benzene rings is 1. The molecule has 0 radical (unpaired) electrons. The lowest BCUT2D eigenvalue weighted by molar-refractivity contribution is 0.0956. The van der Waals surface area contributed by atoms with Crippen LogP contribution in [0.1, 0.15) is 31.1 Å². The summed E-state index contributed by atoms with van der Waals surface area (Å²) in [6.45, 7) is 6.03. The van der Waals surface area contributed by atoms with E-state index in [-0.39, 0.29) is 16.2 Å². The fourth-order valence-corrected chi connectivity index (χ4v) is 3.21. The SMILES string of the molecule is Cn1c(=S)[nH]c2cc(C(=O)NCCS(=O)C(C)(C)C)ccc2c1=O. The van der Waals surface area contributed by atoms with Crippen LogP contribution in [0, 0.1) is 4.77 Å². The molecule has 8 heteroatoms. The fraction of sp³-hybridized carbons (Fsp3) is 0.438. The summed E-state index contributed by atoms with van der Waals surface area (Å²) in [4.78, 5) is 27.3. The van der Waals surface area contributed by atoms with Gasteiger partial charge in [-0.15, -0.1) is 0 Å². The number of hydrogen-bond acceptors (Lipinski definition) is 4. The van der Waals surface area contributed by atoms with Crippen LogP contribution in [0.2, 0.25) is 0 Å². The van der Waals surface area contributed by atoms with E-state index in [9.17, 15) is 13.8 Å². The van der Waals surface area contributed by atoms with Crippen LogP contribution < -0.4 is 10.9 Å². The Hall–Kier alpha value is -1.80. The average Bonchev–Trinajstić information content (AvgIpc) is 2.51. The second kappa shape index (κ2) is 6.98. The van der Waals surface area contributed by atoms with Gasteiger partial charge in [-0.05, 0) is 51.2 Å². The molecule has 1 heterocycles. The molecule has 1 unspecified atom stereocenters. The normalized spacial score (nSPS) is 13.0. The van der Waals surface area contributed by atoms with E-state index in [0.29, 0.717) is 33.5 Å². The maximum absolute atomic E-state index is 12.2. The molecule has 0 saturated carbocycles. The van der Waals surface area contributed by atoms with Gasteiger partial charge in [0.05, 0.1) is 10.9 Å². The molecule has 0 fully saturated rings. The molecule has 0 spiro atoms. The van der Waals surface area contributed by atoms with Gasteiger partial charge >= 0.3 is 0 Å². The summed E-state index contributed by atoms with van der Waals surface area (Å²) < 4.78 is 13.3. The second-order valence-electron chi connectivity index (χ2n) is 6.47. The molecule has 24 heavy (non-hydrogen) atoms. The lowest BCUT2D eigenvalue weighted by Gasteiger charge is -2.17. The van der Waals surface area contributed by atoms with Crippen molar-refractivity contribution >= 4 is 39.8 Å². The lowest BCUT2D eigenvalue weighted by Crippen LogP contribution is -2.32. The van der Waals surface area contributed by atoms with E-state index in [2.05, 4.69) is 10.3 Å². The van der Waals surface area contributed by atoms with Gasteiger partial charge in [0.25, 0.3) is 11.5 Å². The molecule has 0 bridgehead atoms. The number of nitrogens with zero attached hydrogens (tertiary/aromatic N) is 1. The Bertz CT molecular complexity index is 923. The number of H-pyrrole nitrogens is 1. The zero-order valence-electron chi connectivity index (χ0n) is 14.1. The van der Waals surface area contributed by atoms with E-state index in [4.69, 9.17) is 12.2 Å². The Labute approximate surface area is 147 Å². The van der Waals surface area contributed by atoms with Crippen molar-refractivity contribution in [2.24, 2.45) is 7.05 Å². The Kier molecular flexibility index (Phi) is 5.39. The van der Waals surface area contributed by atoms with Crippen LogP contribution in [0.25, 0.3) is 10.9 Å². The number of aromatic amines is 1. The number of hydrogen-bond donors (Lipinski definition) is 2. The van der Waals surface area contributed by atoms with Crippen molar-refractivity contribution in [1.82, 2.24) is 14.9 Å². The molecule has 2 rings (SSSR count). The zero-order chi connectivity index (χ0) is 18.1. The van der Waals surface area contributed by atoms with Crippen molar-refractivity contribution in [2.75, 3.05) is 12.3 Å². The highest BCUT2D eigenvalue weighted by Gasteiger charge is 2.19. The van der Waals surface area contributed by atoms with Crippen LogP contribution in [0.15, 0.2) is 23.0 Å². The first-order chi connectivity index (χ1) is 11.1. The number of fused-ring (bicyclic) bond motifs is 1. The largest absolute Gasteiger partial charge is 0.351 e. The van der Waals surface area contributed by atoms with E-state index in [1.54, 1.807) is 25.2 Å². The van der Waals surface area contributed by atoms with Crippen molar-refractivity contribution in [2.45, 2.75) is 25.5 Å². The van der Waals surface area contributed by atoms with Crippen molar-refractivity contribution in [3.63, 3.8) is 0 Å². The molecule has 2 N–H and O–H groups in total. The Morgan fingerprint density at radius 3 is 2.67 bits per heavy atom. The molecule has 0 aliphatic carbocycles. The van der Waals surface area contributed by atoms with E-state index >= 15 is 0 Å². The smallest absolute Gasteiger partial charge is 0.261 e. The predicted molar refractivity (Wildman–Crippen MR) is 99.5 cm³/mol. The molecule has 1 atom stereocenters. The van der Waals surface area contributed by atoms with Crippen LogP contribution in [0.5, 0.6) is 0 Å². The van der Waals surface area contributed by atoms with Crippen molar-refractivity contribution in [3.05, 3.63) is 38.9 Å². The van der Waals surface area contributed by atoms with Crippen LogP contribution in [-0.2, 0) is 17.8 Å². The highest BCUT2D eigenvalue weighted by atomic mass is 32.2. The summed E-state index contributed by atoms with van der Waals surface area (Å²) in [6, 6.07) is 4.80. The average molecular weight is 367 g/mol. The van der Waals surface area contributed by atoms with Gasteiger partial charge in [0, 0.05) is 40.5 Å². The van der Waals surface area contributed by atoms with Gasteiger partial charge in [0.15, 0.2) is 4.77 Å². The summed E-state index contributed by atoms with van der Waals surface area (Å²) in [6.07, 6.45) is 0. The van der Waals surface area contributed by atoms with Crippen LogP contribution in [0.4, 0.5) is 0 Å². The van der Waals surface area contributed by atoms with Gasteiger partial charge < -0.3 is 10.3 Å². The monoisotopic (exact) mass is 367 g/mol. The first kappa shape index (κ1) is 18.5. The Morgan fingerprint density at radius 2 is 2.04 bits per heavy atom. The minimum atomic E-state index is -1.02. The van der Waals surface area contributed by atoms with Gasteiger partial charge in [-0.2, -0.15) is 0 Å². The summed E-state index contributed by atoms with van der Waals surface area (Å²) in [5, 5.41) is 3.22. The van der Waals surface area contributed by atoms with Gasteiger partial charge in [0.1, 0.15) is 0 Å². The van der Waals surface area contributed by atoms with Crippen LogP contribution in [0.3, 0.4) is 0 Å². The zero-order valence-corrected chi connectivity index (χ0v) is 15.8. The topological polar surface area (TPSA) is 84.0 Å². The van der Waals surface area contributed by atoms with Gasteiger partial charge in [-0.3, -0.25) is 18.4 Å². The number of nitrogens with one attached hydrogen (secondary N) is 2. The highest BCUT2D eigenvalue weighted by molar-refractivity contribution is 7.86. The minimum Gasteiger partial charge on any atom is -0.351 e. The number of rotatable bonds is 4. The first-order valence-electron chi connectivity index (χ1n) is 7.51. The van der Waals surface area contributed by atoms with E-state index < -0.39 is 10.8 Å². The Morgan fingerprint density at radius 1 is 1.38 bits per heavy atom. The first-order valence-corrected chi connectivity index (χ1v) is 9.24. The lowest BCUT2D eigenvalue weighted by atomic mass is 10.1. The predicted octanol–water partition coefficient (Wildman–Crippen LogP) is 1.87. The second-order valence-corrected chi connectivity index (χ2v) is 9.18. The van der Waals surface area contributed by atoms with Crippen LogP contribution >= 0.6 is 12.2 Å². The van der Waals surface area contributed by atoms with Gasteiger partial charge in [0.2, 0.25) is 0 Å². The summed E-state index contributed by atoms with van der Waals surface area (Å²) >= 11 is 5.08. The van der Waals surface area contributed by atoms with Crippen molar-refractivity contribution < 1.29 is 9.00 Å². The molecule has 0 aliphatic heterocycles. The standard InChI is InChI=1S/C16H21N3O3S2/c1-16(2,3)24(22)8-7-17-13(20)10-5-6-11-12(9-10)18-15(23)19(4)14(11)21/h5-6,9H,7-8H2,1-4H3,(H,17,20)(H,18,23). The maximum atomic E-state index is 12.2. The molecule has 1 aromatic carbocycles. The third-order valence-corrected chi connectivity index (χ3v) is 5.94. The van der Waals surface area contributed by atoms with Gasteiger partial charge in [-0.1, -0.05) is 0 Å². The number of aromatic nitrogens is 2. The third kappa shape index (κ3) is 3.99. The molecule has 1 amide bonds. The Balaban J connectivity index is 2.16. The summed E-state index contributed by atoms with van der Waals surface area (Å²) in [5.74, 6) is 0.119. The van der Waals surface area contributed by atoms with Crippen LogP contribution in [-0.4, -0.2) is 36.7 Å². The number of amides is 1. The van der Waals surface area contributed by atoms with E-state index in [0.717, 1.165) is 0 Å². The third-order valence-electron chi connectivity index (χ3n) is 3.62. The van der Waals surface area contributed by atoms with E-state index in [1.165, 1.54) is 4.57 Å². The van der Waals surface area contributed by atoms with Crippen molar-refractivity contribution in [1.29, 1.82) is 0 Å². The molecule has 2 aromatic rings. The molecule has 6 nitrogen and oxygen atoms in total. The van der Waals surface area contributed by atoms with Gasteiger partial charge in [-0.25, -0.2) is 0 Å². The molecular formula is C16H21N3O3S2.